The molecular weight excluding hydrogens is 486 g/mol. The standard InChI is InChI=1S/C29H29N3O4S/c1-4-23(28(35)36-3)32-24-15-14-22(26(33)30-17-16-20-8-6-5-7-9-20)18-25(24)37-29(32)31-27(34)21-12-10-19(2)11-13-21/h5-15,18,23H,4,16-17H2,1-3H3,(H,30,33). The second kappa shape index (κ2) is 11.8. The van der Waals surface area contributed by atoms with Crippen LogP contribution in [-0.2, 0) is 16.0 Å². The van der Waals surface area contributed by atoms with Crippen LogP contribution in [0.25, 0.3) is 10.2 Å². The van der Waals surface area contributed by atoms with Crippen LogP contribution in [0.4, 0.5) is 0 Å². The molecule has 1 N–H and O–H groups in total. The Kier molecular flexibility index (Phi) is 8.30. The van der Waals surface area contributed by atoms with Gasteiger partial charge in [0.25, 0.3) is 11.8 Å². The van der Waals surface area contributed by atoms with Crippen LogP contribution in [-0.4, -0.2) is 36.0 Å². The molecule has 0 radical (unpaired) electrons. The summed E-state index contributed by atoms with van der Waals surface area (Å²) in [5.41, 5.74) is 3.85. The number of aromatic nitrogens is 1. The molecule has 4 aromatic rings. The lowest BCUT2D eigenvalue weighted by molar-refractivity contribution is -0.144. The van der Waals surface area contributed by atoms with Gasteiger partial charge in [-0.15, -0.1) is 0 Å². The van der Waals surface area contributed by atoms with Crippen LogP contribution < -0.4 is 10.1 Å². The van der Waals surface area contributed by atoms with Crippen molar-refractivity contribution in [1.29, 1.82) is 0 Å². The van der Waals surface area contributed by atoms with Crippen molar-refractivity contribution in [2.24, 2.45) is 4.99 Å². The first-order valence-electron chi connectivity index (χ1n) is 12.1. The minimum absolute atomic E-state index is 0.188. The number of amides is 2. The fraction of sp³-hybridized carbons (Fsp3) is 0.241. The summed E-state index contributed by atoms with van der Waals surface area (Å²) in [6.07, 6.45) is 1.18. The summed E-state index contributed by atoms with van der Waals surface area (Å²) >= 11 is 1.26. The predicted octanol–water partition coefficient (Wildman–Crippen LogP) is 4.85. The number of thiazole rings is 1. The lowest BCUT2D eigenvalue weighted by Gasteiger charge is -2.15. The maximum atomic E-state index is 13.0. The number of hydrogen-bond donors (Lipinski definition) is 1. The minimum Gasteiger partial charge on any atom is -0.467 e. The summed E-state index contributed by atoms with van der Waals surface area (Å²) in [5, 5.41) is 2.96. The van der Waals surface area contributed by atoms with Crippen molar-refractivity contribution in [2.75, 3.05) is 13.7 Å². The van der Waals surface area contributed by atoms with Gasteiger partial charge in [-0.05, 0) is 55.7 Å². The third-order valence-corrected chi connectivity index (χ3v) is 7.12. The molecule has 0 spiro atoms. The van der Waals surface area contributed by atoms with Crippen LogP contribution >= 0.6 is 11.3 Å². The van der Waals surface area contributed by atoms with E-state index in [-0.39, 0.29) is 5.91 Å². The SMILES string of the molecule is CCC(C(=O)OC)n1c(=NC(=O)c2ccc(C)cc2)sc2cc(C(=O)NCCc3ccccc3)ccc21. The highest BCUT2D eigenvalue weighted by Crippen LogP contribution is 2.25. The van der Waals surface area contributed by atoms with Crippen molar-refractivity contribution in [3.8, 4) is 0 Å². The highest BCUT2D eigenvalue weighted by Gasteiger charge is 2.24. The number of rotatable bonds is 8. The minimum atomic E-state index is -0.658. The van der Waals surface area contributed by atoms with Gasteiger partial charge in [-0.2, -0.15) is 4.99 Å². The van der Waals surface area contributed by atoms with E-state index in [1.807, 2.05) is 56.3 Å². The predicted molar refractivity (Wildman–Crippen MR) is 145 cm³/mol. The van der Waals surface area contributed by atoms with E-state index in [1.54, 1.807) is 34.9 Å². The molecule has 0 aliphatic heterocycles. The van der Waals surface area contributed by atoms with Gasteiger partial charge in [0.2, 0.25) is 0 Å². The molecule has 0 aliphatic rings. The number of nitrogens with zero attached hydrogens (tertiary/aromatic N) is 2. The molecule has 0 saturated carbocycles. The van der Waals surface area contributed by atoms with Crippen molar-refractivity contribution in [3.05, 3.63) is 99.9 Å². The molecule has 2 amide bonds. The van der Waals surface area contributed by atoms with E-state index in [0.29, 0.717) is 34.4 Å². The van der Waals surface area contributed by atoms with Gasteiger partial charge in [-0.1, -0.05) is 66.3 Å². The zero-order valence-corrected chi connectivity index (χ0v) is 21.9. The van der Waals surface area contributed by atoms with E-state index in [0.717, 1.165) is 22.2 Å². The van der Waals surface area contributed by atoms with Gasteiger partial charge in [0.05, 0.1) is 17.3 Å². The van der Waals surface area contributed by atoms with E-state index >= 15 is 0 Å². The molecule has 0 aliphatic carbocycles. The monoisotopic (exact) mass is 515 g/mol. The molecule has 1 unspecified atom stereocenters. The fourth-order valence-electron chi connectivity index (χ4n) is 4.07. The summed E-state index contributed by atoms with van der Waals surface area (Å²) < 4.78 is 7.51. The summed E-state index contributed by atoms with van der Waals surface area (Å²) in [5.74, 6) is -1.01. The first kappa shape index (κ1) is 26.0. The lowest BCUT2D eigenvalue weighted by atomic mass is 10.1. The fourth-order valence-corrected chi connectivity index (χ4v) is 5.18. The number of aryl methyl sites for hydroxylation is 1. The Balaban J connectivity index is 1.69. The van der Waals surface area contributed by atoms with Crippen LogP contribution in [0.2, 0.25) is 0 Å². The second-order valence-corrected chi connectivity index (χ2v) is 9.67. The van der Waals surface area contributed by atoms with E-state index in [1.165, 1.54) is 18.4 Å². The summed E-state index contributed by atoms with van der Waals surface area (Å²) in [6.45, 7) is 4.33. The van der Waals surface area contributed by atoms with Crippen LogP contribution in [0, 0.1) is 6.92 Å². The number of benzene rings is 3. The molecular formula is C29H29N3O4S. The van der Waals surface area contributed by atoms with Crippen molar-refractivity contribution < 1.29 is 19.1 Å². The largest absolute Gasteiger partial charge is 0.467 e. The van der Waals surface area contributed by atoms with E-state index in [2.05, 4.69) is 10.3 Å². The Morgan fingerprint density at radius 2 is 1.70 bits per heavy atom. The number of carbonyl (C=O) groups excluding carboxylic acids is 3. The van der Waals surface area contributed by atoms with Crippen molar-refractivity contribution in [2.45, 2.75) is 32.7 Å². The number of methoxy groups -OCH3 is 1. The Morgan fingerprint density at radius 3 is 2.38 bits per heavy atom. The number of ether oxygens (including phenoxy) is 1. The maximum absolute atomic E-state index is 13.0. The number of hydrogen-bond acceptors (Lipinski definition) is 5. The number of carbonyl (C=O) groups is 3. The molecule has 190 valence electrons. The van der Waals surface area contributed by atoms with Gasteiger partial charge in [-0.25, -0.2) is 4.79 Å². The Labute approximate surface area is 219 Å². The first-order valence-corrected chi connectivity index (χ1v) is 12.9. The topological polar surface area (TPSA) is 89.8 Å². The smallest absolute Gasteiger partial charge is 0.328 e. The van der Waals surface area contributed by atoms with Crippen molar-refractivity contribution in [3.63, 3.8) is 0 Å². The highest BCUT2D eigenvalue weighted by atomic mass is 32.1. The summed E-state index contributed by atoms with van der Waals surface area (Å²) in [6, 6.07) is 21.8. The molecule has 4 rings (SSSR count). The quantitative estimate of drug-likeness (QED) is 0.340. The van der Waals surface area contributed by atoms with E-state index in [9.17, 15) is 14.4 Å². The van der Waals surface area contributed by atoms with E-state index < -0.39 is 17.9 Å². The normalized spacial score (nSPS) is 12.4. The lowest BCUT2D eigenvalue weighted by Crippen LogP contribution is -2.28. The van der Waals surface area contributed by atoms with Crippen molar-refractivity contribution >= 4 is 39.3 Å². The van der Waals surface area contributed by atoms with Crippen molar-refractivity contribution in [1.82, 2.24) is 9.88 Å². The molecule has 3 aromatic carbocycles. The Morgan fingerprint density at radius 1 is 1.00 bits per heavy atom. The van der Waals surface area contributed by atoms with Crippen LogP contribution in [0.1, 0.15) is 51.2 Å². The highest BCUT2D eigenvalue weighted by molar-refractivity contribution is 7.16. The second-order valence-electron chi connectivity index (χ2n) is 8.66. The van der Waals surface area contributed by atoms with Gasteiger partial charge in [0.1, 0.15) is 6.04 Å². The molecule has 1 atom stereocenters. The molecule has 0 bridgehead atoms. The third-order valence-electron chi connectivity index (χ3n) is 6.10. The van der Waals surface area contributed by atoms with Gasteiger partial charge >= 0.3 is 5.97 Å². The van der Waals surface area contributed by atoms with Gasteiger partial charge in [0, 0.05) is 17.7 Å². The maximum Gasteiger partial charge on any atom is 0.328 e. The van der Waals surface area contributed by atoms with Gasteiger partial charge in [-0.3, -0.25) is 9.59 Å². The van der Waals surface area contributed by atoms with Crippen LogP contribution in [0.5, 0.6) is 0 Å². The van der Waals surface area contributed by atoms with E-state index in [4.69, 9.17) is 4.74 Å². The number of nitrogens with one attached hydrogen (secondary N) is 1. The molecule has 0 fully saturated rings. The van der Waals surface area contributed by atoms with Crippen LogP contribution in [0.15, 0.2) is 77.8 Å². The number of esters is 1. The Bertz CT molecular complexity index is 1490. The number of fused-ring (bicyclic) bond motifs is 1. The molecule has 0 saturated heterocycles. The third kappa shape index (κ3) is 6.03. The first-order chi connectivity index (χ1) is 17.9. The van der Waals surface area contributed by atoms with Crippen LogP contribution in [0.3, 0.4) is 0 Å². The summed E-state index contributed by atoms with van der Waals surface area (Å²) in [4.78, 5) is 43.2. The van der Waals surface area contributed by atoms with Gasteiger partial charge in [0.15, 0.2) is 4.80 Å². The Hall–Kier alpha value is -4.04. The summed E-state index contributed by atoms with van der Waals surface area (Å²) in [7, 11) is 1.34. The average molecular weight is 516 g/mol. The zero-order valence-electron chi connectivity index (χ0n) is 21.1. The zero-order chi connectivity index (χ0) is 26.4. The average Bonchev–Trinajstić information content (AvgIpc) is 3.26. The molecule has 1 aromatic heterocycles. The molecule has 1 heterocycles. The molecule has 8 heteroatoms. The van der Waals surface area contributed by atoms with Gasteiger partial charge < -0.3 is 14.6 Å². The molecule has 7 nitrogen and oxygen atoms in total. The molecule has 37 heavy (non-hydrogen) atoms.